The summed E-state index contributed by atoms with van der Waals surface area (Å²) in [6, 6.07) is 3.76. The van der Waals surface area contributed by atoms with E-state index in [9.17, 15) is 8.78 Å². The normalized spacial score (nSPS) is 23.5. The lowest BCUT2D eigenvalue weighted by Crippen LogP contribution is -2.36. The van der Waals surface area contributed by atoms with Crippen LogP contribution in [-0.4, -0.2) is 12.6 Å². The molecule has 3 N–H and O–H groups in total. The highest BCUT2D eigenvalue weighted by Crippen LogP contribution is 2.38. The Balaban J connectivity index is 2.13. The van der Waals surface area contributed by atoms with Gasteiger partial charge in [0, 0.05) is 18.2 Å². The van der Waals surface area contributed by atoms with Crippen molar-refractivity contribution in [1.29, 1.82) is 0 Å². The second-order valence-electron chi connectivity index (χ2n) is 6.19. The first-order valence-corrected chi connectivity index (χ1v) is 6.83. The third kappa shape index (κ3) is 3.31. The van der Waals surface area contributed by atoms with Gasteiger partial charge in [0.05, 0.1) is 6.04 Å². The SMILES string of the molecule is CC1(C)CCC(NC(CN)c2c(F)cccc2F)C1. The Kier molecular flexibility index (Phi) is 4.21. The highest BCUT2D eigenvalue weighted by Gasteiger charge is 2.32. The van der Waals surface area contributed by atoms with E-state index in [-0.39, 0.29) is 18.2 Å². The molecule has 1 saturated carbocycles. The number of hydrogen-bond donors (Lipinski definition) is 2. The van der Waals surface area contributed by atoms with E-state index in [1.807, 2.05) is 0 Å². The Morgan fingerprint density at radius 1 is 1.37 bits per heavy atom. The van der Waals surface area contributed by atoms with E-state index in [0.717, 1.165) is 19.3 Å². The van der Waals surface area contributed by atoms with Crippen LogP contribution in [0.25, 0.3) is 0 Å². The minimum atomic E-state index is -0.528. The molecule has 1 aromatic rings. The van der Waals surface area contributed by atoms with Gasteiger partial charge in [0.15, 0.2) is 0 Å². The summed E-state index contributed by atoms with van der Waals surface area (Å²) in [5, 5.41) is 3.31. The fourth-order valence-corrected chi connectivity index (χ4v) is 2.98. The molecule has 1 fully saturated rings. The van der Waals surface area contributed by atoms with Crippen LogP contribution in [0.4, 0.5) is 8.78 Å². The molecule has 2 atom stereocenters. The molecule has 1 aliphatic carbocycles. The molecular formula is C15H22F2N2. The van der Waals surface area contributed by atoms with Crippen molar-refractivity contribution in [3.63, 3.8) is 0 Å². The number of nitrogens with two attached hydrogens (primary N) is 1. The monoisotopic (exact) mass is 268 g/mol. The van der Waals surface area contributed by atoms with Crippen LogP contribution in [0.5, 0.6) is 0 Å². The highest BCUT2D eigenvalue weighted by atomic mass is 19.1. The summed E-state index contributed by atoms with van der Waals surface area (Å²) >= 11 is 0. The summed E-state index contributed by atoms with van der Waals surface area (Å²) in [7, 11) is 0. The van der Waals surface area contributed by atoms with Gasteiger partial charge in [-0.15, -0.1) is 0 Å². The number of halogens is 2. The summed E-state index contributed by atoms with van der Waals surface area (Å²) in [5.41, 5.74) is 6.05. The Morgan fingerprint density at radius 2 is 2.00 bits per heavy atom. The maximum absolute atomic E-state index is 13.8. The molecule has 0 spiro atoms. The van der Waals surface area contributed by atoms with Gasteiger partial charge in [-0.3, -0.25) is 0 Å². The topological polar surface area (TPSA) is 38.0 Å². The van der Waals surface area contributed by atoms with Gasteiger partial charge in [-0.1, -0.05) is 19.9 Å². The van der Waals surface area contributed by atoms with E-state index in [2.05, 4.69) is 19.2 Å². The summed E-state index contributed by atoms with van der Waals surface area (Å²) < 4.78 is 27.6. The molecule has 2 unspecified atom stereocenters. The first-order valence-electron chi connectivity index (χ1n) is 6.83. The fourth-order valence-electron chi connectivity index (χ4n) is 2.98. The smallest absolute Gasteiger partial charge is 0.130 e. The van der Waals surface area contributed by atoms with Crippen molar-refractivity contribution in [3.8, 4) is 0 Å². The van der Waals surface area contributed by atoms with E-state index >= 15 is 0 Å². The Hall–Kier alpha value is -1.00. The third-order valence-corrected chi connectivity index (χ3v) is 3.99. The van der Waals surface area contributed by atoms with Gasteiger partial charge < -0.3 is 11.1 Å². The van der Waals surface area contributed by atoms with Crippen molar-refractivity contribution < 1.29 is 8.78 Å². The molecule has 2 nitrogen and oxygen atoms in total. The molecule has 4 heteroatoms. The molecule has 1 aliphatic rings. The van der Waals surface area contributed by atoms with E-state index in [0.29, 0.717) is 5.41 Å². The first-order chi connectivity index (χ1) is 8.93. The molecule has 0 aromatic heterocycles. The van der Waals surface area contributed by atoms with Crippen LogP contribution in [-0.2, 0) is 0 Å². The molecule has 0 heterocycles. The lowest BCUT2D eigenvalue weighted by Gasteiger charge is -2.24. The molecule has 0 aliphatic heterocycles. The van der Waals surface area contributed by atoms with Crippen LogP contribution < -0.4 is 11.1 Å². The maximum Gasteiger partial charge on any atom is 0.130 e. The van der Waals surface area contributed by atoms with Crippen LogP contribution >= 0.6 is 0 Å². The average Bonchev–Trinajstić information content (AvgIpc) is 2.67. The summed E-state index contributed by atoms with van der Waals surface area (Å²) in [4.78, 5) is 0. The third-order valence-electron chi connectivity index (χ3n) is 3.99. The Labute approximate surface area is 113 Å². The molecule has 0 radical (unpaired) electrons. The van der Waals surface area contributed by atoms with E-state index in [1.54, 1.807) is 0 Å². The predicted octanol–water partition coefficient (Wildman–Crippen LogP) is 3.13. The molecule has 2 rings (SSSR count). The quantitative estimate of drug-likeness (QED) is 0.880. The lowest BCUT2D eigenvalue weighted by atomic mass is 9.91. The molecule has 0 saturated heterocycles. The van der Waals surface area contributed by atoms with Crippen molar-refractivity contribution in [2.24, 2.45) is 11.1 Å². The zero-order chi connectivity index (χ0) is 14.0. The second-order valence-corrected chi connectivity index (χ2v) is 6.19. The predicted molar refractivity (Wildman–Crippen MR) is 72.7 cm³/mol. The van der Waals surface area contributed by atoms with Crippen LogP contribution in [0, 0.1) is 17.0 Å². The van der Waals surface area contributed by atoms with Crippen molar-refractivity contribution in [3.05, 3.63) is 35.4 Å². The zero-order valence-corrected chi connectivity index (χ0v) is 11.5. The van der Waals surface area contributed by atoms with Gasteiger partial charge in [-0.25, -0.2) is 8.78 Å². The van der Waals surface area contributed by atoms with Crippen molar-refractivity contribution in [1.82, 2.24) is 5.32 Å². The van der Waals surface area contributed by atoms with Gasteiger partial charge in [-0.2, -0.15) is 0 Å². The zero-order valence-electron chi connectivity index (χ0n) is 11.5. The number of nitrogens with one attached hydrogen (secondary N) is 1. The van der Waals surface area contributed by atoms with Crippen molar-refractivity contribution in [2.45, 2.75) is 45.2 Å². The number of hydrogen-bond acceptors (Lipinski definition) is 2. The molecule has 19 heavy (non-hydrogen) atoms. The van der Waals surface area contributed by atoms with Gasteiger partial charge in [0.2, 0.25) is 0 Å². The molecule has 0 bridgehead atoms. The van der Waals surface area contributed by atoms with Crippen LogP contribution in [0.2, 0.25) is 0 Å². The average molecular weight is 268 g/mol. The van der Waals surface area contributed by atoms with Gasteiger partial charge in [0.1, 0.15) is 11.6 Å². The number of benzene rings is 1. The summed E-state index contributed by atoms with van der Waals surface area (Å²) in [5.74, 6) is -1.06. The van der Waals surface area contributed by atoms with Crippen LogP contribution in [0.1, 0.15) is 44.7 Å². The largest absolute Gasteiger partial charge is 0.329 e. The lowest BCUT2D eigenvalue weighted by molar-refractivity contribution is 0.349. The summed E-state index contributed by atoms with van der Waals surface area (Å²) in [6.45, 7) is 4.63. The Morgan fingerprint density at radius 3 is 2.47 bits per heavy atom. The van der Waals surface area contributed by atoms with E-state index in [4.69, 9.17) is 5.73 Å². The van der Waals surface area contributed by atoms with E-state index < -0.39 is 17.7 Å². The molecular weight excluding hydrogens is 246 g/mol. The fraction of sp³-hybridized carbons (Fsp3) is 0.600. The molecule has 0 amide bonds. The van der Waals surface area contributed by atoms with Crippen LogP contribution in [0.15, 0.2) is 18.2 Å². The van der Waals surface area contributed by atoms with Crippen LogP contribution in [0.3, 0.4) is 0 Å². The first kappa shape index (κ1) is 14.4. The number of rotatable bonds is 4. The van der Waals surface area contributed by atoms with Gasteiger partial charge in [-0.05, 0) is 36.8 Å². The minimum Gasteiger partial charge on any atom is -0.329 e. The molecule has 1 aromatic carbocycles. The summed E-state index contributed by atoms with van der Waals surface area (Å²) in [6.07, 6.45) is 3.17. The standard InChI is InChI=1S/C15H22F2N2/c1-15(2)7-6-10(8-15)19-13(9-18)14-11(16)4-3-5-12(14)17/h3-5,10,13,19H,6-9,18H2,1-2H3. The van der Waals surface area contributed by atoms with Crippen molar-refractivity contribution in [2.75, 3.05) is 6.54 Å². The van der Waals surface area contributed by atoms with Gasteiger partial charge >= 0.3 is 0 Å². The second kappa shape index (κ2) is 5.55. The van der Waals surface area contributed by atoms with Gasteiger partial charge in [0.25, 0.3) is 0 Å². The highest BCUT2D eigenvalue weighted by molar-refractivity contribution is 5.24. The Bertz CT molecular complexity index is 426. The van der Waals surface area contributed by atoms with E-state index in [1.165, 1.54) is 18.2 Å². The van der Waals surface area contributed by atoms with Crippen molar-refractivity contribution >= 4 is 0 Å². The minimum absolute atomic E-state index is 0.0645. The molecule has 106 valence electrons. The maximum atomic E-state index is 13.8.